The summed E-state index contributed by atoms with van der Waals surface area (Å²) in [6.07, 6.45) is 2.32. The number of aromatic nitrogens is 2. The highest BCUT2D eigenvalue weighted by atomic mass is 19.1. The van der Waals surface area contributed by atoms with E-state index in [9.17, 15) is 13.6 Å². The number of rotatable bonds is 1. The van der Waals surface area contributed by atoms with E-state index in [2.05, 4.69) is 15.4 Å². The lowest BCUT2D eigenvalue weighted by atomic mass is 10.3. The van der Waals surface area contributed by atoms with Crippen LogP contribution in [0.3, 0.4) is 0 Å². The van der Waals surface area contributed by atoms with Crippen LogP contribution >= 0.6 is 0 Å². The van der Waals surface area contributed by atoms with Crippen molar-refractivity contribution >= 4 is 11.7 Å². The number of hydrogen-bond donors (Lipinski definition) is 2. The molecule has 0 saturated carbocycles. The standard InChI is InChI=1S/C11H8F2N4O2/c12-7-3-8(13)5-10(4-7)16-11(18)15-9-1-2-17(19)14-6-9/h1-6,19H,(H,16,18). The molecule has 0 spiro atoms. The SMILES string of the molecule is O=C(N=c1ccn(O)nc1)Nc1cc(F)cc(F)c1. The maximum absolute atomic E-state index is 12.9. The minimum atomic E-state index is -0.817. The molecule has 0 atom stereocenters. The molecule has 2 amide bonds. The van der Waals surface area contributed by atoms with Crippen molar-refractivity contribution in [1.82, 2.24) is 9.94 Å². The smallest absolute Gasteiger partial charge is 0.345 e. The number of anilines is 1. The summed E-state index contributed by atoms with van der Waals surface area (Å²) < 4.78 is 25.8. The van der Waals surface area contributed by atoms with Gasteiger partial charge in [0.25, 0.3) is 0 Å². The van der Waals surface area contributed by atoms with E-state index in [0.29, 0.717) is 10.9 Å². The van der Waals surface area contributed by atoms with Gasteiger partial charge in [0.05, 0.1) is 17.8 Å². The van der Waals surface area contributed by atoms with Crippen molar-refractivity contribution in [3.63, 3.8) is 0 Å². The predicted octanol–water partition coefficient (Wildman–Crippen LogP) is 1.53. The van der Waals surface area contributed by atoms with Crippen LogP contribution in [-0.2, 0) is 0 Å². The fourth-order valence-corrected chi connectivity index (χ4v) is 1.30. The topological polar surface area (TPSA) is 79.5 Å². The Morgan fingerprint density at radius 3 is 2.58 bits per heavy atom. The fraction of sp³-hybridized carbons (Fsp3) is 0. The minimum absolute atomic E-state index is 0.0487. The first-order valence-electron chi connectivity index (χ1n) is 5.09. The van der Waals surface area contributed by atoms with Gasteiger partial charge in [-0.15, -0.1) is 9.94 Å². The van der Waals surface area contributed by atoms with Crippen molar-refractivity contribution in [2.45, 2.75) is 0 Å². The third-order valence-corrected chi connectivity index (χ3v) is 2.03. The van der Waals surface area contributed by atoms with Crippen LogP contribution in [-0.4, -0.2) is 21.2 Å². The van der Waals surface area contributed by atoms with Crippen LogP contribution in [0.1, 0.15) is 0 Å². The molecule has 0 saturated heterocycles. The molecule has 0 fully saturated rings. The number of hydrogen-bond acceptors (Lipinski definition) is 3. The predicted molar refractivity (Wildman–Crippen MR) is 60.4 cm³/mol. The lowest BCUT2D eigenvalue weighted by Crippen LogP contribution is -2.14. The van der Waals surface area contributed by atoms with Gasteiger partial charge in [0, 0.05) is 11.8 Å². The third-order valence-electron chi connectivity index (χ3n) is 2.03. The molecule has 2 rings (SSSR count). The number of carbonyl (C=O) groups excluding carboxylic acids is 1. The van der Waals surface area contributed by atoms with Crippen LogP contribution < -0.4 is 10.7 Å². The molecule has 8 heteroatoms. The van der Waals surface area contributed by atoms with Gasteiger partial charge in [-0.25, -0.2) is 13.6 Å². The van der Waals surface area contributed by atoms with Gasteiger partial charge in [0.15, 0.2) is 0 Å². The monoisotopic (exact) mass is 266 g/mol. The Morgan fingerprint density at radius 1 is 1.32 bits per heavy atom. The number of amides is 2. The summed E-state index contributed by atoms with van der Waals surface area (Å²) in [6, 6.07) is 3.12. The highest BCUT2D eigenvalue weighted by molar-refractivity contribution is 5.89. The van der Waals surface area contributed by atoms with E-state index in [4.69, 9.17) is 5.21 Å². The first-order valence-corrected chi connectivity index (χ1v) is 5.09. The fourth-order valence-electron chi connectivity index (χ4n) is 1.30. The second kappa shape index (κ2) is 5.25. The number of halogens is 2. The van der Waals surface area contributed by atoms with Crippen molar-refractivity contribution in [2.24, 2.45) is 4.99 Å². The summed E-state index contributed by atoms with van der Waals surface area (Å²) >= 11 is 0. The number of urea groups is 1. The van der Waals surface area contributed by atoms with Crippen molar-refractivity contribution in [3.05, 3.63) is 53.7 Å². The Bertz CT molecular complexity index is 644. The molecule has 98 valence electrons. The van der Waals surface area contributed by atoms with Crippen LogP contribution in [0.4, 0.5) is 19.3 Å². The van der Waals surface area contributed by atoms with Gasteiger partial charge in [-0.3, -0.25) is 0 Å². The van der Waals surface area contributed by atoms with E-state index in [1.165, 1.54) is 12.3 Å². The van der Waals surface area contributed by atoms with Crippen LogP contribution in [0.25, 0.3) is 0 Å². The molecular weight excluding hydrogens is 258 g/mol. The van der Waals surface area contributed by atoms with E-state index in [1.807, 2.05) is 0 Å². The quantitative estimate of drug-likeness (QED) is 0.768. The molecule has 0 aliphatic heterocycles. The summed E-state index contributed by atoms with van der Waals surface area (Å²) in [5, 5.41) is 14.7. The molecule has 2 N–H and O–H groups in total. The second-order valence-corrected chi connectivity index (χ2v) is 3.51. The van der Waals surface area contributed by atoms with E-state index in [1.54, 1.807) is 0 Å². The Hall–Kier alpha value is -2.77. The summed E-state index contributed by atoms with van der Waals surface area (Å²) in [7, 11) is 0. The normalized spacial score (nSPS) is 11.4. The van der Waals surface area contributed by atoms with Crippen LogP contribution in [0.2, 0.25) is 0 Å². The first-order chi connectivity index (χ1) is 9.02. The number of benzene rings is 1. The number of nitrogens with zero attached hydrogens (tertiary/aromatic N) is 3. The Balaban J connectivity index is 2.17. The van der Waals surface area contributed by atoms with E-state index in [0.717, 1.165) is 18.3 Å². The number of carbonyl (C=O) groups is 1. The largest absolute Gasteiger partial charge is 0.412 e. The molecule has 0 radical (unpaired) electrons. The molecular formula is C11H8F2N4O2. The first kappa shape index (κ1) is 12.7. The van der Waals surface area contributed by atoms with Crippen LogP contribution in [0, 0.1) is 11.6 Å². The molecule has 6 nitrogen and oxygen atoms in total. The molecule has 19 heavy (non-hydrogen) atoms. The molecule has 0 bridgehead atoms. The molecule has 1 heterocycles. The van der Waals surface area contributed by atoms with E-state index >= 15 is 0 Å². The van der Waals surface area contributed by atoms with Gasteiger partial charge >= 0.3 is 6.03 Å². The maximum atomic E-state index is 12.9. The zero-order valence-corrected chi connectivity index (χ0v) is 9.42. The van der Waals surface area contributed by atoms with Crippen LogP contribution in [0.5, 0.6) is 0 Å². The average molecular weight is 266 g/mol. The molecule has 2 aromatic rings. The van der Waals surface area contributed by atoms with E-state index in [-0.39, 0.29) is 11.0 Å². The van der Waals surface area contributed by atoms with Gasteiger partial charge in [-0.1, -0.05) is 0 Å². The Labute approximate surface area is 105 Å². The highest BCUT2D eigenvalue weighted by Gasteiger charge is 2.03. The Morgan fingerprint density at radius 2 is 2.00 bits per heavy atom. The van der Waals surface area contributed by atoms with Gasteiger partial charge in [0.2, 0.25) is 0 Å². The molecule has 1 aromatic carbocycles. The van der Waals surface area contributed by atoms with Crippen molar-refractivity contribution in [3.8, 4) is 0 Å². The highest BCUT2D eigenvalue weighted by Crippen LogP contribution is 2.12. The second-order valence-electron chi connectivity index (χ2n) is 3.51. The minimum Gasteiger partial charge on any atom is -0.412 e. The van der Waals surface area contributed by atoms with Crippen molar-refractivity contribution < 1.29 is 18.8 Å². The molecule has 1 aromatic heterocycles. The summed E-state index contributed by atoms with van der Waals surface area (Å²) in [4.78, 5) is 15.6. The van der Waals surface area contributed by atoms with Gasteiger partial charge in [0.1, 0.15) is 11.6 Å². The molecule has 0 aliphatic carbocycles. The lowest BCUT2D eigenvalue weighted by molar-refractivity contribution is 0.143. The van der Waals surface area contributed by atoms with Crippen LogP contribution in [0.15, 0.2) is 41.7 Å². The molecule has 0 unspecified atom stereocenters. The van der Waals surface area contributed by atoms with Gasteiger partial charge < -0.3 is 10.5 Å². The molecule has 0 aliphatic rings. The van der Waals surface area contributed by atoms with Gasteiger partial charge in [-0.2, -0.15) is 4.99 Å². The zero-order valence-electron chi connectivity index (χ0n) is 9.42. The summed E-state index contributed by atoms with van der Waals surface area (Å²) in [5.74, 6) is -1.61. The number of nitrogens with one attached hydrogen (secondary N) is 1. The lowest BCUT2D eigenvalue weighted by Gasteiger charge is -2.01. The Kier molecular flexibility index (Phi) is 3.51. The third kappa shape index (κ3) is 3.60. The summed E-state index contributed by atoms with van der Waals surface area (Å²) in [5.41, 5.74) is -0.0487. The maximum Gasteiger partial charge on any atom is 0.345 e. The van der Waals surface area contributed by atoms with Crippen molar-refractivity contribution in [2.75, 3.05) is 5.32 Å². The summed E-state index contributed by atoms with van der Waals surface area (Å²) in [6.45, 7) is 0. The average Bonchev–Trinajstić information content (AvgIpc) is 2.30. The van der Waals surface area contributed by atoms with E-state index < -0.39 is 17.7 Å². The van der Waals surface area contributed by atoms with Crippen molar-refractivity contribution in [1.29, 1.82) is 0 Å². The zero-order chi connectivity index (χ0) is 13.8. The van der Waals surface area contributed by atoms with Gasteiger partial charge in [-0.05, 0) is 18.2 Å².